The molecular formula is C15H26N4O2. The second-order valence-electron chi connectivity index (χ2n) is 5.89. The van der Waals surface area contributed by atoms with Crippen molar-refractivity contribution in [3.8, 4) is 0 Å². The Bertz CT molecular complexity index is 483. The normalized spacial score (nSPS) is 26.0. The number of rotatable bonds is 5. The third-order valence-electron chi connectivity index (χ3n) is 4.35. The molecule has 2 N–H and O–H groups in total. The maximum Gasteiger partial charge on any atom is 0.227 e. The van der Waals surface area contributed by atoms with E-state index in [2.05, 4.69) is 27.1 Å². The molecular weight excluding hydrogens is 268 g/mol. The van der Waals surface area contributed by atoms with Crippen molar-refractivity contribution >= 4 is 11.8 Å². The average Bonchev–Trinajstić information content (AvgIpc) is 2.47. The van der Waals surface area contributed by atoms with E-state index in [0.29, 0.717) is 19.4 Å². The summed E-state index contributed by atoms with van der Waals surface area (Å²) in [5.41, 5.74) is 0.291. The lowest BCUT2D eigenvalue weighted by molar-refractivity contribution is -0.0490. The molecule has 2 heterocycles. The molecule has 0 amide bonds. The fourth-order valence-corrected chi connectivity index (χ4v) is 2.82. The number of aromatic nitrogens is 2. The van der Waals surface area contributed by atoms with Crippen molar-refractivity contribution < 1.29 is 9.84 Å². The zero-order valence-electron chi connectivity index (χ0n) is 13.4. The first kappa shape index (κ1) is 16.0. The lowest BCUT2D eigenvalue weighted by Crippen LogP contribution is -2.51. The third-order valence-corrected chi connectivity index (χ3v) is 4.35. The monoisotopic (exact) mass is 294 g/mol. The van der Waals surface area contributed by atoms with Gasteiger partial charge in [0.25, 0.3) is 0 Å². The van der Waals surface area contributed by atoms with Crippen LogP contribution in [-0.4, -0.2) is 54.5 Å². The largest absolute Gasteiger partial charge is 0.389 e. The van der Waals surface area contributed by atoms with Gasteiger partial charge in [0.15, 0.2) is 0 Å². The van der Waals surface area contributed by atoms with Gasteiger partial charge in [-0.2, -0.15) is 4.98 Å². The fraction of sp³-hybridized carbons (Fsp3) is 0.733. The van der Waals surface area contributed by atoms with Crippen molar-refractivity contribution in [3.63, 3.8) is 0 Å². The number of aryl methyl sites for hydroxylation is 1. The summed E-state index contributed by atoms with van der Waals surface area (Å²) in [6, 6.07) is 1.92. The number of anilines is 2. The Morgan fingerprint density at radius 2 is 2.29 bits per heavy atom. The van der Waals surface area contributed by atoms with E-state index in [1.54, 1.807) is 7.11 Å². The van der Waals surface area contributed by atoms with Crippen LogP contribution in [0.4, 0.5) is 11.8 Å². The molecule has 1 saturated heterocycles. The topological polar surface area (TPSA) is 70.5 Å². The number of nitrogens with one attached hydrogen (secondary N) is 1. The number of piperidine rings is 1. The van der Waals surface area contributed by atoms with Gasteiger partial charge >= 0.3 is 0 Å². The van der Waals surface area contributed by atoms with Gasteiger partial charge in [0.2, 0.25) is 5.95 Å². The van der Waals surface area contributed by atoms with Crippen LogP contribution in [-0.2, 0) is 4.74 Å². The summed E-state index contributed by atoms with van der Waals surface area (Å²) >= 11 is 0. The van der Waals surface area contributed by atoms with E-state index in [9.17, 15) is 5.11 Å². The summed E-state index contributed by atoms with van der Waals surface area (Å²) in [7, 11) is 3.52. The quantitative estimate of drug-likeness (QED) is 0.856. The Hall–Kier alpha value is -1.40. The zero-order valence-corrected chi connectivity index (χ0v) is 13.4. The fourth-order valence-electron chi connectivity index (χ4n) is 2.82. The maximum absolute atomic E-state index is 10.7. The van der Waals surface area contributed by atoms with Crippen molar-refractivity contribution in [2.24, 2.45) is 5.92 Å². The van der Waals surface area contributed by atoms with Crippen molar-refractivity contribution in [1.29, 1.82) is 0 Å². The van der Waals surface area contributed by atoms with E-state index < -0.39 is 5.60 Å². The van der Waals surface area contributed by atoms with Gasteiger partial charge in [-0.1, -0.05) is 6.92 Å². The summed E-state index contributed by atoms with van der Waals surface area (Å²) in [6.07, 6.45) is 1.39. The van der Waals surface area contributed by atoms with Crippen LogP contribution in [0.1, 0.15) is 25.5 Å². The number of ether oxygens (including phenoxy) is 1. The number of hydrogen-bond acceptors (Lipinski definition) is 6. The van der Waals surface area contributed by atoms with Gasteiger partial charge < -0.3 is 20.1 Å². The van der Waals surface area contributed by atoms with Crippen LogP contribution in [0.5, 0.6) is 0 Å². The molecule has 1 aromatic rings. The minimum absolute atomic E-state index is 0.156. The third kappa shape index (κ3) is 3.63. The molecule has 0 bridgehead atoms. The SMILES string of the molecule is CNc1cc(C)nc(N2CC[C@@](O)(CCOC)[C@H](C)C2)n1. The highest BCUT2D eigenvalue weighted by molar-refractivity contribution is 5.43. The van der Waals surface area contributed by atoms with Gasteiger partial charge in [0.05, 0.1) is 5.60 Å². The van der Waals surface area contributed by atoms with Gasteiger partial charge in [0, 0.05) is 51.5 Å². The Kier molecular flexibility index (Phi) is 5.00. The molecule has 2 atom stereocenters. The Balaban J connectivity index is 2.10. The van der Waals surface area contributed by atoms with E-state index in [-0.39, 0.29) is 5.92 Å². The molecule has 6 heteroatoms. The number of methoxy groups -OCH3 is 1. The smallest absolute Gasteiger partial charge is 0.227 e. The first-order chi connectivity index (χ1) is 9.98. The van der Waals surface area contributed by atoms with E-state index in [4.69, 9.17) is 4.74 Å². The van der Waals surface area contributed by atoms with Gasteiger partial charge in [-0.15, -0.1) is 0 Å². The molecule has 0 spiro atoms. The van der Waals surface area contributed by atoms with Crippen LogP contribution < -0.4 is 10.2 Å². The minimum Gasteiger partial charge on any atom is -0.389 e. The molecule has 2 rings (SSSR count). The molecule has 1 aromatic heterocycles. The number of nitrogens with zero attached hydrogens (tertiary/aromatic N) is 3. The summed E-state index contributed by atoms with van der Waals surface area (Å²) in [6.45, 7) is 6.15. The Morgan fingerprint density at radius 3 is 2.90 bits per heavy atom. The van der Waals surface area contributed by atoms with Crippen LogP contribution in [0.15, 0.2) is 6.07 Å². The molecule has 0 saturated carbocycles. The van der Waals surface area contributed by atoms with Crippen LogP contribution in [0.25, 0.3) is 0 Å². The van der Waals surface area contributed by atoms with Gasteiger partial charge in [-0.25, -0.2) is 4.98 Å². The highest BCUT2D eigenvalue weighted by atomic mass is 16.5. The van der Waals surface area contributed by atoms with Crippen LogP contribution in [0.3, 0.4) is 0 Å². The van der Waals surface area contributed by atoms with Gasteiger partial charge in [-0.05, 0) is 19.8 Å². The molecule has 1 aliphatic rings. The lowest BCUT2D eigenvalue weighted by atomic mass is 9.80. The number of hydrogen-bond donors (Lipinski definition) is 2. The Morgan fingerprint density at radius 1 is 1.52 bits per heavy atom. The molecule has 6 nitrogen and oxygen atoms in total. The van der Waals surface area contributed by atoms with Crippen LogP contribution in [0.2, 0.25) is 0 Å². The molecule has 1 aliphatic heterocycles. The van der Waals surface area contributed by atoms with E-state index >= 15 is 0 Å². The highest BCUT2D eigenvalue weighted by Crippen LogP contribution is 2.32. The predicted octanol–water partition coefficient (Wildman–Crippen LogP) is 1.44. The van der Waals surface area contributed by atoms with Crippen molar-refractivity contribution in [3.05, 3.63) is 11.8 Å². The van der Waals surface area contributed by atoms with Crippen molar-refractivity contribution in [2.75, 3.05) is 44.1 Å². The second-order valence-corrected chi connectivity index (χ2v) is 5.89. The summed E-state index contributed by atoms with van der Waals surface area (Å²) in [4.78, 5) is 11.2. The number of aliphatic hydroxyl groups is 1. The summed E-state index contributed by atoms with van der Waals surface area (Å²) < 4.78 is 5.11. The predicted molar refractivity (Wildman–Crippen MR) is 83.8 cm³/mol. The maximum atomic E-state index is 10.7. The minimum atomic E-state index is -0.651. The van der Waals surface area contributed by atoms with E-state index in [0.717, 1.165) is 30.5 Å². The molecule has 118 valence electrons. The van der Waals surface area contributed by atoms with Crippen LogP contribution in [0, 0.1) is 12.8 Å². The molecule has 21 heavy (non-hydrogen) atoms. The van der Waals surface area contributed by atoms with Crippen molar-refractivity contribution in [2.45, 2.75) is 32.3 Å². The standard InChI is InChI=1S/C15H26N4O2/c1-11-10-19(7-5-15(11,20)6-8-21-4)14-17-12(2)9-13(16-3)18-14/h9,11,20H,5-8,10H2,1-4H3,(H,16,17,18)/t11-,15-/m1/s1. The first-order valence-corrected chi connectivity index (χ1v) is 7.48. The first-order valence-electron chi connectivity index (χ1n) is 7.48. The second kappa shape index (κ2) is 6.58. The van der Waals surface area contributed by atoms with E-state index in [1.807, 2.05) is 20.0 Å². The van der Waals surface area contributed by atoms with Gasteiger partial charge in [-0.3, -0.25) is 0 Å². The van der Waals surface area contributed by atoms with E-state index in [1.165, 1.54) is 0 Å². The summed E-state index contributed by atoms with van der Waals surface area (Å²) in [5.74, 6) is 1.72. The highest BCUT2D eigenvalue weighted by Gasteiger charge is 2.39. The Labute approximate surface area is 126 Å². The van der Waals surface area contributed by atoms with Crippen LogP contribution >= 0.6 is 0 Å². The van der Waals surface area contributed by atoms with Gasteiger partial charge in [0.1, 0.15) is 5.82 Å². The zero-order chi connectivity index (χ0) is 15.5. The molecule has 1 fully saturated rings. The molecule has 0 radical (unpaired) electrons. The molecule has 0 unspecified atom stereocenters. The lowest BCUT2D eigenvalue weighted by Gasteiger charge is -2.43. The average molecular weight is 294 g/mol. The van der Waals surface area contributed by atoms with Crippen molar-refractivity contribution in [1.82, 2.24) is 9.97 Å². The molecule has 0 aliphatic carbocycles. The molecule has 0 aromatic carbocycles. The summed E-state index contributed by atoms with van der Waals surface area (Å²) in [5, 5.41) is 13.8.